The minimum absolute atomic E-state index is 0.0202. The van der Waals surface area contributed by atoms with Gasteiger partial charge in [0.1, 0.15) is 10.7 Å². The van der Waals surface area contributed by atoms with Crippen molar-refractivity contribution in [1.29, 1.82) is 0 Å². The van der Waals surface area contributed by atoms with Gasteiger partial charge in [-0.2, -0.15) is 4.31 Å². The summed E-state index contributed by atoms with van der Waals surface area (Å²) in [6.07, 6.45) is -0.0202. The van der Waals surface area contributed by atoms with Crippen LogP contribution in [0.2, 0.25) is 0 Å². The molecule has 1 aromatic carbocycles. The lowest BCUT2D eigenvalue weighted by atomic mass is 10.2. The van der Waals surface area contributed by atoms with Crippen LogP contribution in [-0.4, -0.2) is 57.1 Å². The number of benzene rings is 1. The summed E-state index contributed by atoms with van der Waals surface area (Å²) in [4.78, 5) is 11.9. The van der Waals surface area contributed by atoms with Crippen molar-refractivity contribution in [3.8, 4) is 0 Å². The first-order valence-corrected chi connectivity index (χ1v) is 7.44. The Labute approximate surface area is 115 Å². The standard InChI is InChI=1S/C12H14F2N2O3S/c1-15-4-6-16(7-5-15)20(18,19)11-3-2-10(13)9(8-17)12(11)14/h2-3,8H,4-7H2,1H3. The second-order valence-corrected chi connectivity index (χ2v) is 6.50. The first kappa shape index (κ1) is 15.0. The van der Waals surface area contributed by atoms with Crippen molar-refractivity contribution >= 4 is 16.3 Å². The minimum Gasteiger partial charge on any atom is -0.304 e. The molecule has 0 bridgehead atoms. The van der Waals surface area contributed by atoms with Gasteiger partial charge in [-0.1, -0.05) is 0 Å². The highest BCUT2D eigenvalue weighted by Gasteiger charge is 2.31. The molecule has 1 fully saturated rings. The van der Waals surface area contributed by atoms with Crippen LogP contribution in [0.3, 0.4) is 0 Å². The number of hydrogen-bond acceptors (Lipinski definition) is 4. The number of halogens is 2. The van der Waals surface area contributed by atoms with Gasteiger partial charge in [-0.15, -0.1) is 0 Å². The maximum atomic E-state index is 14.0. The van der Waals surface area contributed by atoms with Crippen molar-refractivity contribution in [1.82, 2.24) is 9.21 Å². The van der Waals surface area contributed by atoms with Crippen LogP contribution in [0.15, 0.2) is 17.0 Å². The Morgan fingerprint density at radius 2 is 1.75 bits per heavy atom. The number of aldehydes is 1. The summed E-state index contributed by atoms with van der Waals surface area (Å²) < 4.78 is 53.0. The zero-order valence-electron chi connectivity index (χ0n) is 10.8. The highest BCUT2D eigenvalue weighted by atomic mass is 32.2. The maximum absolute atomic E-state index is 14.0. The Balaban J connectivity index is 2.42. The molecule has 1 heterocycles. The SMILES string of the molecule is CN1CCN(S(=O)(=O)c2ccc(F)c(C=O)c2F)CC1. The van der Waals surface area contributed by atoms with Crippen LogP contribution in [0.25, 0.3) is 0 Å². The van der Waals surface area contributed by atoms with Crippen LogP contribution >= 0.6 is 0 Å². The third-order valence-electron chi connectivity index (χ3n) is 3.29. The number of hydrogen-bond donors (Lipinski definition) is 0. The van der Waals surface area contributed by atoms with Crippen molar-refractivity contribution in [2.24, 2.45) is 0 Å². The zero-order valence-corrected chi connectivity index (χ0v) is 11.7. The number of carbonyl (C=O) groups excluding carboxylic acids is 1. The topological polar surface area (TPSA) is 57.7 Å². The summed E-state index contributed by atoms with van der Waals surface area (Å²) in [6, 6.07) is 1.64. The molecule has 1 aliphatic rings. The average Bonchev–Trinajstić information content (AvgIpc) is 2.39. The van der Waals surface area contributed by atoms with Crippen LogP contribution in [0.5, 0.6) is 0 Å². The molecular weight excluding hydrogens is 290 g/mol. The molecule has 2 rings (SSSR count). The van der Waals surface area contributed by atoms with Gasteiger partial charge in [-0.3, -0.25) is 4.79 Å². The molecule has 1 aromatic rings. The molecule has 0 amide bonds. The number of nitrogens with zero attached hydrogens (tertiary/aromatic N) is 2. The molecule has 20 heavy (non-hydrogen) atoms. The highest BCUT2D eigenvalue weighted by Crippen LogP contribution is 2.23. The first-order valence-electron chi connectivity index (χ1n) is 6.00. The Morgan fingerprint density at radius 1 is 1.15 bits per heavy atom. The summed E-state index contributed by atoms with van der Waals surface area (Å²) in [6.45, 7) is 1.52. The normalized spacial score (nSPS) is 18.1. The minimum atomic E-state index is -4.06. The highest BCUT2D eigenvalue weighted by molar-refractivity contribution is 7.89. The third kappa shape index (κ3) is 2.58. The van der Waals surface area contributed by atoms with Gasteiger partial charge in [-0.25, -0.2) is 17.2 Å². The van der Waals surface area contributed by atoms with E-state index in [2.05, 4.69) is 0 Å². The van der Waals surface area contributed by atoms with E-state index in [-0.39, 0.29) is 19.4 Å². The molecular formula is C12H14F2N2O3S. The summed E-state index contributed by atoms with van der Waals surface area (Å²) in [7, 11) is -2.21. The molecule has 0 atom stereocenters. The van der Waals surface area contributed by atoms with Gasteiger partial charge in [0, 0.05) is 26.2 Å². The fraction of sp³-hybridized carbons (Fsp3) is 0.417. The molecule has 110 valence electrons. The Kier molecular flexibility index (Phi) is 4.17. The molecule has 0 radical (unpaired) electrons. The van der Waals surface area contributed by atoms with Crippen LogP contribution < -0.4 is 0 Å². The molecule has 1 saturated heterocycles. The van der Waals surface area contributed by atoms with Gasteiger partial charge in [0.2, 0.25) is 10.0 Å². The molecule has 0 aliphatic carbocycles. The number of piperazine rings is 1. The number of carbonyl (C=O) groups is 1. The zero-order chi connectivity index (χ0) is 14.9. The van der Waals surface area contributed by atoms with E-state index in [9.17, 15) is 22.0 Å². The maximum Gasteiger partial charge on any atom is 0.246 e. The fourth-order valence-corrected chi connectivity index (χ4v) is 3.52. The largest absolute Gasteiger partial charge is 0.304 e. The predicted molar refractivity (Wildman–Crippen MR) is 68.0 cm³/mol. The van der Waals surface area contributed by atoms with E-state index < -0.39 is 32.1 Å². The van der Waals surface area contributed by atoms with Crippen molar-refractivity contribution in [3.63, 3.8) is 0 Å². The quantitative estimate of drug-likeness (QED) is 0.772. The van der Waals surface area contributed by atoms with Gasteiger partial charge in [0.25, 0.3) is 0 Å². The number of likely N-dealkylation sites (N-methyl/N-ethyl adjacent to an activating group) is 1. The summed E-state index contributed by atoms with van der Waals surface area (Å²) in [5.41, 5.74) is -0.861. The second-order valence-electron chi connectivity index (χ2n) is 4.60. The molecule has 0 aromatic heterocycles. The van der Waals surface area contributed by atoms with Gasteiger partial charge < -0.3 is 4.90 Å². The van der Waals surface area contributed by atoms with Crippen molar-refractivity contribution in [3.05, 3.63) is 29.3 Å². The fourth-order valence-electron chi connectivity index (χ4n) is 2.02. The molecule has 8 heteroatoms. The molecule has 1 aliphatic heterocycles. The second kappa shape index (κ2) is 5.55. The Hall–Kier alpha value is -1.38. The van der Waals surface area contributed by atoms with Crippen molar-refractivity contribution < 1.29 is 22.0 Å². The first-order chi connectivity index (χ1) is 9.37. The molecule has 0 saturated carbocycles. The van der Waals surface area contributed by atoms with Gasteiger partial charge >= 0.3 is 0 Å². The van der Waals surface area contributed by atoms with E-state index in [1.165, 1.54) is 0 Å². The molecule has 0 N–H and O–H groups in total. The summed E-state index contributed by atoms with van der Waals surface area (Å²) in [5, 5.41) is 0. The van der Waals surface area contributed by atoms with E-state index in [0.717, 1.165) is 16.4 Å². The van der Waals surface area contributed by atoms with E-state index >= 15 is 0 Å². The van der Waals surface area contributed by atoms with Gasteiger partial charge in [0.05, 0.1) is 5.56 Å². The van der Waals surface area contributed by atoms with Crippen LogP contribution in [-0.2, 0) is 10.0 Å². The smallest absolute Gasteiger partial charge is 0.246 e. The summed E-state index contributed by atoms with van der Waals surface area (Å²) >= 11 is 0. The molecule has 0 spiro atoms. The van der Waals surface area contributed by atoms with E-state index in [0.29, 0.717) is 13.1 Å². The molecule has 5 nitrogen and oxygen atoms in total. The van der Waals surface area contributed by atoms with Crippen LogP contribution in [0.1, 0.15) is 10.4 Å². The summed E-state index contributed by atoms with van der Waals surface area (Å²) in [5.74, 6) is -2.41. The monoisotopic (exact) mass is 304 g/mol. The number of sulfonamides is 1. The van der Waals surface area contributed by atoms with Crippen molar-refractivity contribution in [2.45, 2.75) is 4.90 Å². The lowest BCUT2D eigenvalue weighted by Crippen LogP contribution is -2.47. The van der Waals surface area contributed by atoms with E-state index in [4.69, 9.17) is 0 Å². The predicted octanol–water partition coefficient (Wildman–Crippen LogP) is 0.713. The Morgan fingerprint density at radius 3 is 2.30 bits per heavy atom. The average molecular weight is 304 g/mol. The van der Waals surface area contributed by atoms with Crippen LogP contribution in [0, 0.1) is 11.6 Å². The van der Waals surface area contributed by atoms with Crippen molar-refractivity contribution in [2.75, 3.05) is 33.2 Å². The Bertz CT molecular complexity index is 626. The molecule has 0 unspecified atom stereocenters. The van der Waals surface area contributed by atoms with Crippen LogP contribution in [0.4, 0.5) is 8.78 Å². The van der Waals surface area contributed by atoms with E-state index in [1.807, 2.05) is 11.9 Å². The van der Waals surface area contributed by atoms with Gasteiger partial charge in [-0.05, 0) is 19.2 Å². The number of rotatable bonds is 3. The van der Waals surface area contributed by atoms with Gasteiger partial charge in [0.15, 0.2) is 12.1 Å². The third-order valence-corrected chi connectivity index (χ3v) is 5.21. The lowest BCUT2D eigenvalue weighted by Gasteiger charge is -2.31. The lowest BCUT2D eigenvalue weighted by molar-refractivity contribution is 0.111. The van der Waals surface area contributed by atoms with E-state index in [1.54, 1.807) is 0 Å².